The van der Waals surface area contributed by atoms with Crippen LogP contribution in [0, 0.1) is 34.6 Å². The van der Waals surface area contributed by atoms with Gasteiger partial charge >= 0.3 is 5.97 Å². The number of aryl methyl sites for hydroxylation is 5. The normalized spacial score (nSPS) is 11.2. The molecule has 0 N–H and O–H groups in total. The van der Waals surface area contributed by atoms with Crippen LogP contribution in [0.4, 0.5) is 0 Å². The summed E-state index contributed by atoms with van der Waals surface area (Å²) >= 11 is 1.46. The number of hydrogen-bond acceptors (Lipinski definition) is 6. The topological polar surface area (TPSA) is 69.4 Å². The second-order valence-corrected chi connectivity index (χ2v) is 7.22. The Morgan fingerprint density at radius 1 is 1.12 bits per heavy atom. The van der Waals surface area contributed by atoms with Gasteiger partial charge in [-0.1, -0.05) is 29.5 Å². The zero-order valence-electron chi connectivity index (χ0n) is 15.9. The third-order valence-corrected chi connectivity index (χ3v) is 4.89. The van der Waals surface area contributed by atoms with E-state index in [0.717, 1.165) is 33.6 Å². The first kappa shape index (κ1) is 18.4. The van der Waals surface area contributed by atoms with Crippen LogP contribution in [0.25, 0.3) is 5.78 Å². The van der Waals surface area contributed by atoms with Crippen LogP contribution in [0.5, 0.6) is 5.75 Å². The highest BCUT2D eigenvalue weighted by molar-refractivity contribution is 7.98. The number of fused-ring (bicyclic) bond motifs is 1. The molecule has 0 amide bonds. The number of carbonyl (C=O) groups excluding carboxylic acids is 1. The fourth-order valence-electron chi connectivity index (χ4n) is 3.15. The number of benzene rings is 1. The summed E-state index contributed by atoms with van der Waals surface area (Å²) in [7, 11) is 0. The van der Waals surface area contributed by atoms with Crippen molar-refractivity contribution in [2.45, 2.75) is 46.2 Å². The lowest BCUT2D eigenvalue weighted by Gasteiger charge is -2.13. The van der Waals surface area contributed by atoms with Gasteiger partial charge in [0.2, 0.25) is 5.16 Å². The Hall–Kier alpha value is -2.41. The van der Waals surface area contributed by atoms with Crippen molar-refractivity contribution in [3.05, 3.63) is 45.8 Å². The van der Waals surface area contributed by atoms with E-state index in [4.69, 9.17) is 4.74 Å². The van der Waals surface area contributed by atoms with Gasteiger partial charge in [0.1, 0.15) is 5.75 Å². The molecular weight excluding hydrogens is 348 g/mol. The fraction of sp³-hybridized carbons (Fsp3) is 0.368. The van der Waals surface area contributed by atoms with Crippen LogP contribution in [0.2, 0.25) is 0 Å². The first-order chi connectivity index (χ1) is 12.3. The Balaban J connectivity index is 1.90. The molecule has 0 aliphatic heterocycles. The number of esters is 1. The minimum absolute atomic E-state index is 0.141. The highest BCUT2D eigenvalue weighted by Gasteiger charge is 2.18. The van der Waals surface area contributed by atoms with E-state index >= 15 is 0 Å². The van der Waals surface area contributed by atoms with E-state index in [-0.39, 0.29) is 12.4 Å². The molecule has 6 nitrogen and oxygen atoms in total. The summed E-state index contributed by atoms with van der Waals surface area (Å²) in [4.78, 5) is 21.4. The second-order valence-electron chi connectivity index (χ2n) is 6.45. The number of thioether (sulfide) groups is 1. The average Bonchev–Trinajstić information content (AvgIpc) is 2.98. The van der Waals surface area contributed by atoms with Crippen LogP contribution in [-0.4, -0.2) is 31.8 Å². The Kier molecular flexibility index (Phi) is 5.00. The average molecular weight is 370 g/mol. The first-order valence-corrected chi connectivity index (χ1v) is 9.58. The lowest BCUT2D eigenvalue weighted by atomic mass is 10.1. The van der Waals surface area contributed by atoms with Crippen LogP contribution in [0.1, 0.15) is 33.6 Å². The summed E-state index contributed by atoms with van der Waals surface area (Å²) in [5, 5.41) is 5.07. The van der Waals surface area contributed by atoms with Crippen LogP contribution in [0.3, 0.4) is 0 Å². The summed E-state index contributed by atoms with van der Waals surface area (Å²) in [6.45, 7) is 9.73. The first-order valence-electron chi connectivity index (χ1n) is 8.35. The van der Waals surface area contributed by atoms with Crippen LogP contribution < -0.4 is 4.74 Å². The van der Waals surface area contributed by atoms with E-state index in [1.807, 2.05) is 53.0 Å². The molecule has 0 unspecified atom stereocenters. The lowest BCUT2D eigenvalue weighted by molar-refractivity contribution is -0.133. The lowest BCUT2D eigenvalue weighted by Crippen LogP contribution is -2.16. The minimum Gasteiger partial charge on any atom is -0.426 e. The maximum absolute atomic E-state index is 12.6. The van der Waals surface area contributed by atoms with Gasteiger partial charge in [0.25, 0.3) is 5.78 Å². The molecule has 2 heterocycles. The number of aromatic nitrogens is 4. The summed E-state index contributed by atoms with van der Waals surface area (Å²) < 4.78 is 7.35. The van der Waals surface area contributed by atoms with Crippen molar-refractivity contribution in [3.8, 4) is 5.75 Å². The molecule has 0 radical (unpaired) electrons. The maximum Gasteiger partial charge on any atom is 0.315 e. The van der Waals surface area contributed by atoms with E-state index in [1.54, 1.807) is 4.52 Å². The standard InChI is InChI=1S/C19H22N4O2S/c1-10-7-11(2)17(12(3)8-10)25-16(24)9-15-13(4)20-18-21-19(26-6)22-23(18)14(15)5/h7-8H,9H2,1-6H3. The second kappa shape index (κ2) is 7.07. The molecule has 0 spiro atoms. The SMILES string of the molecule is CSc1nc2nc(C)c(CC(=O)Oc3c(C)cc(C)cc3C)c(C)n2n1. The van der Waals surface area contributed by atoms with Crippen molar-refractivity contribution >= 4 is 23.5 Å². The van der Waals surface area contributed by atoms with Gasteiger partial charge in [0.15, 0.2) is 0 Å². The predicted molar refractivity (Wildman–Crippen MR) is 102 cm³/mol. The highest BCUT2D eigenvalue weighted by Crippen LogP contribution is 2.25. The monoisotopic (exact) mass is 370 g/mol. The van der Waals surface area contributed by atoms with Crippen molar-refractivity contribution in [2.24, 2.45) is 0 Å². The summed E-state index contributed by atoms with van der Waals surface area (Å²) in [6.07, 6.45) is 2.06. The molecule has 3 aromatic rings. The zero-order chi connectivity index (χ0) is 19.0. The maximum atomic E-state index is 12.6. The molecule has 0 aliphatic carbocycles. The Morgan fingerprint density at radius 3 is 2.38 bits per heavy atom. The highest BCUT2D eigenvalue weighted by atomic mass is 32.2. The van der Waals surface area contributed by atoms with Crippen molar-refractivity contribution in [1.29, 1.82) is 0 Å². The predicted octanol–water partition coefficient (Wildman–Crippen LogP) is 3.54. The van der Waals surface area contributed by atoms with Gasteiger partial charge in [-0.05, 0) is 52.0 Å². The molecule has 26 heavy (non-hydrogen) atoms. The molecule has 0 fully saturated rings. The van der Waals surface area contributed by atoms with Crippen molar-refractivity contribution in [3.63, 3.8) is 0 Å². The Labute approximate surface area is 157 Å². The Morgan fingerprint density at radius 2 is 1.77 bits per heavy atom. The van der Waals surface area contributed by atoms with Gasteiger partial charge in [-0.25, -0.2) is 9.50 Å². The zero-order valence-corrected chi connectivity index (χ0v) is 16.7. The van der Waals surface area contributed by atoms with Gasteiger partial charge < -0.3 is 4.74 Å². The number of nitrogens with zero attached hydrogens (tertiary/aromatic N) is 4. The molecule has 0 aliphatic rings. The number of carbonyl (C=O) groups is 1. The largest absolute Gasteiger partial charge is 0.426 e. The molecule has 0 saturated heterocycles. The van der Waals surface area contributed by atoms with Crippen LogP contribution >= 0.6 is 11.8 Å². The van der Waals surface area contributed by atoms with Gasteiger partial charge in [0.05, 0.1) is 6.42 Å². The van der Waals surface area contributed by atoms with Gasteiger partial charge in [0, 0.05) is 17.0 Å². The Bertz CT molecular complexity index is 987. The van der Waals surface area contributed by atoms with E-state index in [0.29, 0.717) is 16.7 Å². The summed E-state index contributed by atoms with van der Waals surface area (Å²) in [5.41, 5.74) is 5.51. The molecule has 1 aromatic carbocycles. The van der Waals surface area contributed by atoms with Crippen molar-refractivity contribution in [1.82, 2.24) is 19.6 Å². The molecule has 0 saturated carbocycles. The summed E-state index contributed by atoms with van der Waals surface area (Å²) in [5.74, 6) is 0.875. The van der Waals surface area contributed by atoms with Gasteiger partial charge in [-0.15, -0.1) is 5.10 Å². The molecule has 0 atom stereocenters. The number of ether oxygens (including phenoxy) is 1. The smallest absolute Gasteiger partial charge is 0.315 e. The van der Waals surface area contributed by atoms with Crippen molar-refractivity contribution in [2.75, 3.05) is 6.26 Å². The molecule has 136 valence electrons. The van der Waals surface area contributed by atoms with E-state index < -0.39 is 0 Å². The minimum atomic E-state index is -0.308. The molecule has 3 rings (SSSR count). The van der Waals surface area contributed by atoms with E-state index in [2.05, 4.69) is 15.1 Å². The van der Waals surface area contributed by atoms with Crippen LogP contribution in [-0.2, 0) is 11.2 Å². The van der Waals surface area contributed by atoms with Crippen molar-refractivity contribution < 1.29 is 9.53 Å². The quantitative estimate of drug-likeness (QED) is 0.397. The number of rotatable bonds is 4. The molecule has 2 aromatic heterocycles. The summed E-state index contributed by atoms with van der Waals surface area (Å²) in [6, 6.07) is 4.03. The fourth-order valence-corrected chi connectivity index (χ4v) is 3.49. The van der Waals surface area contributed by atoms with Crippen LogP contribution in [0.15, 0.2) is 17.3 Å². The third-order valence-electron chi connectivity index (χ3n) is 4.35. The van der Waals surface area contributed by atoms with E-state index in [9.17, 15) is 4.79 Å². The molecular formula is C19H22N4O2S. The third kappa shape index (κ3) is 3.44. The number of hydrogen-bond donors (Lipinski definition) is 0. The van der Waals surface area contributed by atoms with Gasteiger partial charge in [-0.3, -0.25) is 4.79 Å². The van der Waals surface area contributed by atoms with E-state index in [1.165, 1.54) is 11.8 Å². The van der Waals surface area contributed by atoms with Gasteiger partial charge in [-0.2, -0.15) is 4.98 Å². The molecule has 7 heteroatoms. The molecule has 0 bridgehead atoms.